The van der Waals surface area contributed by atoms with Crippen LogP contribution in [0.25, 0.3) is 5.57 Å². The molecule has 0 aliphatic heterocycles. The van der Waals surface area contributed by atoms with Crippen molar-refractivity contribution in [2.45, 2.75) is 20.8 Å². The van der Waals surface area contributed by atoms with Crippen LogP contribution in [0, 0.1) is 13.8 Å². The summed E-state index contributed by atoms with van der Waals surface area (Å²) in [5, 5.41) is 0. The third-order valence-electron chi connectivity index (χ3n) is 4.69. The number of hydrogen-bond donors (Lipinski definition) is 0. The molecule has 2 aromatic rings. The lowest BCUT2D eigenvalue weighted by Gasteiger charge is -2.17. The number of allylic oxidation sites excluding steroid dienone is 1. The molecule has 5 heteroatoms. The Morgan fingerprint density at radius 3 is 2.36 bits per heavy atom. The van der Waals surface area contributed by atoms with Crippen LogP contribution in [0.15, 0.2) is 30.3 Å². The fourth-order valence-corrected chi connectivity index (χ4v) is 3.26. The molecule has 1 aliphatic carbocycles. The van der Waals surface area contributed by atoms with Crippen LogP contribution in [-0.4, -0.2) is 28.7 Å². The van der Waals surface area contributed by atoms with Gasteiger partial charge in [-0.25, -0.2) is 4.79 Å². The Bertz CT molecular complexity index is 947. The van der Waals surface area contributed by atoms with E-state index in [-0.39, 0.29) is 6.61 Å². The molecule has 1 aliphatic rings. The number of ketones is 2. The molecule has 5 nitrogen and oxygen atoms in total. The highest BCUT2D eigenvalue weighted by Crippen LogP contribution is 2.36. The van der Waals surface area contributed by atoms with Crippen LogP contribution >= 0.6 is 0 Å². The smallest absolute Gasteiger partial charge is 0.340 e. The van der Waals surface area contributed by atoms with Crippen LogP contribution in [0.2, 0.25) is 0 Å². The Balaban J connectivity index is 2.32. The van der Waals surface area contributed by atoms with Crippen LogP contribution < -0.4 is 0 Å². The van der Waals surface area contributed by atoms with Crippen molar-refractivity contribution in [3.63, 3.8) is 0 Å². The minimum atomic E-state index is -0.579. The zero-order valence-electron chi connectivity index (χ0n) is 14.7. The molecule has 3 rings (SSSR count). The summed E-state index contributed by atoms with van der Waals surface area (Å²) in [6, 6.07) is 6.97. The highest BCUT2D eigenvalue weighted by atomic mass is 16.5. The van der Waals surface area contributed by atoms with Gasteiger partial charge in [0.25, 0.3) is 0 Å². The van der Waals surface area contributed by atoms with Crippen LogP contribution in [0.1, 0.15) is 50.2 Å². The monoisotopic (exact) mass is 337 g/mol. The third-order valence-corrected chi connectivity index (χ3v) is 4.69. The number of benzene rings is 1. The van der Waals surface area contributed by atoms with Gasteiger partial charge >= 0.3 is 5.97 Å². The van der Waals surface area contributed by atoms with Gasteiger partial charge in [-0.2, -0.15) is 0 Å². The maximum atomic E-state index is 12.5. The molecule has 0 atom stereocenters. The van der Waals surface area contributed by atoms with Crippen LogP contribution in [0.5, 0.6) is 0 Å². The van der Waals surface area contributed by atoms with E-state index in [0.717, 1.165) is 11.4 Å². The van der Waals surface area contributed by atoms with Gasteiger partial charge in [0.05, 0.1) is 12.2 Å². The quantitative estimate of drug-likeness (QED) is 0.638. The molecule has 25 heavy (non-hydrogen) atoms. The van der Waals surface area contributed by atoms with Gasteiger partial charge in [-0.15, -0.1) is 0 Å². The molecular weight excluding hydrogens is 318 g/mol. The van der Waals surface area contributed by atoms with Crippen molar-refractivity contribution in [2.75, 3.05) is 6.61 Å². The number of ether oxygens (including phenoxy) is 1. The predicted octanol–water partition coefficient (Wildman–Crippen LogP) is 3.02. The second-order valence-electron chi connectivity index (χ2n) is 6.00. The SMILES string of the molecule is CCOC(=O)c1c(C2=CC(=O)C(=O)c3ccccc32)c(C)n(C)c1C. The van der Waals surface area contributed by atoms with Gasteiger partial charge < -0.3 is 9.30 Å². The molecule has 0 spiro atoms. The first kappa shape index (κ1) is 16.9. The van der Waals surface area contributed by atoms with Gasteiger partial charge in [0.2, 0.25) is 11.6 Å². The van der Waals surface area contributed by atoms with Gasteiger partial charge in [0.1, 0.15) is 0 Å². The molecule has 0 unspecified atom stereocenters. The summed E-state index contributed by atoms with van der Waals surface area (Å²) in [6.07, 6.45) is 1.33. The van der Waals surface area contributed by atoms with E-state index in [4.69, 9.17) is 4.74 Å². The summed E-state index contributed by atoms with van der Waals surface area (Å²) in [5.74, 6) is -1.53. The molecule has 0 N–H and O–H groups in total. The van der Waals surface area contributed by atoms with Crippen molar-refractivity contribution in [1.82, 2.24) is 4.57 Å². The Kier molecular flexibility index (Phi) is 4.17. The number of Topliss-reactive ketones (excluding diaryl/α,β-unsaturated/α-hetero) is 1. The van der Waals surface area contributed by atoms with Crippen molar-refractivity contribution in [3.8, 4) is 0 Å². The average Bonchev–Trinajstić information content (AvgIpc) is 2.82. The number of hydrogen-bond acceptors (Lipinski definition) is 4. The van der Waals surface area contributed by atoms with E-state index in [9.17, 15) is 14.4 Å². The number of nitrogens with zero attached hydrogens (tertiary/aromatic N) is 1. The number of fused-ring (bicyclic) bond motifs is 1. The number of carbonyl (C=O) groups is 3. The zero-order valence-corrected chi connectivity index (χ0v) is 14.7. The normalized spacial score (nSPS) is 13.5. The van der Waals surface area contributed by atoms with Crippen LogP contribution in [0.3, 0.4) is 0 Å². The maximum absolute atomic E-state index is 12.5. The highest BCUT2D eigenvalue weighted by molar-refractivity contribution is 6.51. The minimum absolute atomic E-state index is 0.263. The first-order valence-electron chi connectivity index (χ1n) is 8.11. The first-order chi connectivity index (χ1) is 11.9. The summed E-state index contributed by atoms with van der Waals surface area (Å²) < 4.78 is 7.11. The second-order valence-corrected chi connectivity index (χ2v) is 6.00. The number of aromatic nitrogens is 1. The highest BCUT2D eigenvalue weighted by Gasteiger charge is 2.31. The van der Waals surface area contributed by atoms with Crippen LogP contribution in [-0.2, 0) is 16.6 Å². The van der Waals surface area contributed by atoms with Crippen molar-refractivity contribution >= 4 is 23.1 Å². The molecule has 0 amide bonds. The van der Waals surface area contributed by atoms with Gasteiger partial charge in [0.15, 0.2) is 0 Å². The molecule has 0 saturated carbocycles. The van der Waals surface area contributed by atoms with E-state index < -0.39 is 17.5 Å². The third kappa shape index (κ3) is 2.52. The Labute approximate surface area is 145 Å². The van der Waals surface area contributed by atoms with Gasteiger partial charge in [-0.1, -0.05) is 24.3 Å². The topological polar surface area (TPSA) is 65.4 Å². The van der Waals surface area contributed by atoms with Crippen molar-refractivity contribution in [2.24, 2.45) is 7.05 Å². The van der Waals surface area contributed by atoms with E-state index in [1.165, 1.54) is 6.08 Å². The van der Waals surface area contributed by atoms with Crippen molar-refractivity contribution < 1.29 is 19.1 Å². The minimum Gasteiger partial charge on any atom is -0.462 e. The van der Waals surface area contributed by atoms with E-state index >= 15 is 0 Å². The summed E-state index contributed by atoms with van der Waals surface area (Å²) in [4.78, 5) is 36.9. The fourth-order valence-electron chi connectivity index (χ4n) is 3.26. The number of carbonyl (C=O) groups excluding carboxylic acids is 3. The van der Waals surface area contributed by atoms with Crippen LogP contribution in [0.4, 0.5) is 0 Å². The summed E-state index contributed by atoms with van der Waals surface area (Å²) in [7, 11) is 1.86. The van der Waals surface area contributed by atoms with Gasteiger partial charge in [0, 0.05) is 29.6 Å². The Morgan fingerprint density at radius 2 is 1.72 bits per heavy atom. The fraction of sp³-hybridized carbons (Fsp3) is 0.250. The first-order valence-corrected chi connectivity index (χ1v) is 8.11. The van der Waals surface area contributed by atoms with E-state index in [2.05, 4.69) is 0 Å². The molecule has 0 saturated heterocycles. The standard InChI is InChI=1S/C20H19NO4/c1-5-25-20(24)18-12(3)21(4)11(2)17(18)15-10-16(22)19(23)14-9-7-6-8-13(14)15/h6-10H,5H2,1-4H3. The molecule has 0 bridgehead atoms. The van der Waals surface area contributed by atoms with E-state index in [1.807, 2.05) is 31.5 Å². The van der Waals surface area contributed by atoms with Crippen molar-refractivity contribution in [3.05, 3.63) is 64.0 Å². The summed E-state index contributed by atoms with van der Waals surface area (Å²) in [6.45, 7) is 5.74. The Hall–Kier alpha value is -2.95. The lowest BCUT2D eigenvalue weighted by atomic mass is 9.84. The number of esters is 1. The maximum Gasteiger partial charge on any atom is 0.340 e. The number of rotatable bonds is 3. The molecule has 0 radical (unpaired) electrons. The Morgan fingerprint density at radius 1 is 1.08 bits per heavy atom. The molecule has 1 heterocycles. The second kappa shape index (κ2) is 6.16. The van der Waals surface area contributed by atoms with Gasteiger partial charge in [-0.3, -0.25) is 9.59 Å². The van der Waals surface area contributed by atoms with Gasteiger partial charge in [-0.05, 0) is 38.0 Å². The summed E-state index contributed by atoms with van der Waals surface area (Å²) >= 11 is 0. The molecular formula is C20H19NO4. The van der Waals surface area contributed by atoms with E-state index in [1.54, 1.807) is 25.1 Å². The van der Waals surface area contributed by atoms with Crippen molar-refractivity contribution in [1.29, 1.82) is 0 Å². The van der Waals surface area contributed by atoms with E-state index in [0.29, 0.717) is 27.8 Å². The molecule has 1 aromatic heterocycles. The summed E-state index contributed by atoms with van der Waals surface area (Å²) in [5.41, 5.74) is 4.28. The predicted molar refractivity (Wildman–Crippen MR) is 93.7 cm³/mol. The molecule has 0 fully saturated rings. The molecule has 1 aromatic carbocycles. The lowest BCUT2D eigenvalue weighted by Crippen LogP contribution is -2.20. The largest absolute Gasteiger partial charge is 0.462 e. The lowest BCUT2D eigenvalue weighted by molar-refractivity contribution is -0.111. The zero-order chi connectivity index (χ0) is 18.3. The average molecular weight is 337 g/mol. The molecule has 128 valence electrons.